The molecule has 7 nitrogen and oxygen atoms in total. The Bertz CT molecular complexity index is 837. The molecule has 5 atom stereocenters. The van der Waals surface area contributed by atoms with Crippen molar-refractivity contribution < 1.29 is 33.5 Å². The molecule has 0 amide bonds. The van der Waals surface area contributed by atoms with Crippen LogP contribution in [-0.4, -0.2) is 39.5 Å². The van der Waals surface area contributed by atoms with Gasteiger partial charge in [0.1, 0.15) is 12.2 Å². The Morgan fingerprint density at radius 3 is 2.10 bits per heavy atom. The van der Waals surface area contributed by atoms with Gasteiger partial charge in [0.05, 0.1) is 25.4 Å². The van der Waals surface area contributed by atoms with E-state index in [0.717, 1.165) is 16.7 Å². The first kappa shape index (κ1) is 22.1. The van der Waals surface area contributed by atoms with Crippen LogP contribution >= 0.6 is 7.82 Å². The van der Waals surface area contributed by atoms with Crippen LogP contribution in [0.3, 0.4) is 0 Å². The number of aliphatic hydroxyl groups excluding tert-OH is 2. The third-order valence-electron chi connectivity index (χ3n) is 5.05. The highest BCUT2D eigenvalue weighted by Crippen LogP contribution is 2.48. The third-order valence-corrected chi connectivity index (χ3v) is 6.01. The van der Waals surface area contributed by atoms with Crippen LogP contribution in [0.4, 0.5) is 0 Å². The van der Waals surface area contributed by atoms with Gasteiger partial charge in [-0.25, -0.2) is 4.57 Å². The molecule has 0 bridgehead atoms. The summed E-state index contributed by atoms with van der Waals surface area (Å²) in [5.41, 5.74) is 3.53. The molecule has 2 aromatic carbocycles. The summed E-state index contributed by atoms with van der Waals surface area (Å²) in [5.74, 6) is 0. The molecule has 2 aromatic rings. The van der Waals surface area contributed by atoms with Crippen LogP contribution in [0.2, 0.25) is 0 Å². The van der Waals surface area contributed by atoms with E-state index < -0.39 is 32.2 Å². The molecule has 29 heavy (non-hydrogen) atoms. The van der Waals surface area contributed by atoms with Crippen molar-refractivity contribution in [2.75, 3.05) is 0 Å². The van der Waals surface area contributed by atoms with Crippen molar-refractivity contribution in [3.8, 4) is 11.1 Å². The zero-order valence-corrected chi connectivity index (χ0v) is 17.4. The topological polar surface area (TPSA) is 105 Å². The van der Waals surface area contributed by atoms with Crippen LogP contribution in [0.15, 0.2) is 48.5 Å². The third kappa shape index (κ3) is 5.53. The van der Waals surface area contributed by atoms with Gasteiger partial charge in [0.2, 0.25) is 0 Å². The molecule has 0 radical (unpaired) electrons. The minimum atomic E-state index is -4.36. The maximum absolute atomic E-state index is 12.3. The van der Waals surface area contributed by atoms with Gasteiger partial charge in [0.15, 0.2) is 0 Å². The van der Waals surface area contributed by atoms with Gasteiger partial charge in [0, 0.05) is 0 Å². The summed E-state index contributed by atoms with van der Waals surface area (Å²) in [4.78, 5) is 10.1. The predicted molar refractivity (Wildman–Crippen MR) is 108 cm³/mol. The highest BCUT2D eigenvalue weighted by Gasteiger charge is 2.45. The first-order chi connectivity index (χ1) is 13.8. The fourth-order valence-corrected chi connectivity index (χ4v) is 4.26. The second-order valence-corrected chi connectivity index (χ2v) is 8.55. The molecule has 0 saturated carbocycles. The molecular formula is C21H27O7P. The molecule has 0 aromatic heterocycles. The van der Waals surface area contributed by atoms with Crippen LogP contribution in [0.1, 0.15) is 31.4 Å². The summed E-state index contributed by atoms with van der Waals surface area (Å²) in [6.07, 6.45) is -2.27. The summed E-state index contributed by atoms with van der Waals surface area (Å²) >= 11 is 0. The van der Waals surface area contributed by atoms with Crippen LogP contribution in [0.5, 0.6) is 0 Å². The number of rotatable bonds is 8. The van der Waals surface area contributed by atoms with Crippen molar-refractivity contribution in [1.29, 1.82) is 0 Å². The Labute approximate surface area is 170 Å². The van der Waals surface area contributed by atoms with Gasteiger partial charge >= 0.3 is 7.82 Å². The lowest BCUT2D eigenvalue weighted by atomic mass is 10.0. The molecule has 1 heterocycles. The Hall–Kier alpha value is -1.57. The van der Waals surface area contributed by atoms with E-state index in [-0.39, 0.29) is 13.2 Å². The molecule has 3 rings (SSSR count). The SMILES string of the molecule is CC[C@H]1OC(C)[C@H](O)[C@@H]1OP(=O)(O)OCc1ccc(-c2ccc(CO)cc2)cc1. The Balaban J connectivity index is 1.59. The highest BCUT2D eigenvalue weighted by atomic mass is 31.2. The molecule has 0 aliphatic carbocycles. The van der Waals surface area contributed by atoms with E-state index in [4.69, 9.17) is 18.9 Å². The van der Waals surface area contributed by atoms with Crippen LogP contribution in [-0.2, 0) is 31.6 Å². The summed E-state index contributed by atoms with van der Waals surface area (Å²) in [5, 5.41) is 19.2. The molecule has 158 valence electrons. The summed E-state index contributed by atoms with van der Waals surface area (Å²) in [6.45, 7) is 3.45. The van der Waals surface area contributed by atoms with E-state index in [2.05, 4.69) is 0 Å². The number of hydrogen-bond acceptors (Lipinski definition) is 6. The Morgan fingerprint density at radius 1 is 1.03 bits per heavy atom. The van der Waals surface area contributed by atoms with Crippen molar-refractivity contribution in [3.63, 3.8) is 0 Å². The molecule has 1 aliphatic rings. The maximum atomic E-state index is 12.3. The Kier molecular flexibility index (Phi) is 7.24. The number of aliphatic hydroxyl groups is 2. The minimum Gasteiger partial charge on any atom is -0.392 e. The van der Waals surface area contributed by atoms with Crippen LogP contribution in [0.25, 0.3) is 11.1 Å². The van der Waals surface area contributed by atoms with Crippen molar-refractivity contribution in [2.45, 2.75) is 57.9 Å². The standard InChI is InChI=1S/C21H27O7P/c1-3-19-21(20(23)14(2)27-19)28-29(24,25)26-13-16-6-10-18(11-7-16)17-8-4-15(12-22)5-9-17/h4-11,14,19-23H,3,12-13H2,1-2H3,(H,24,25)/t14?,19-,20+,21-/m1/s1. The van der Waals surface area contributed by atoms with Crippen molar-refractivity contribution >= 4 is 7.82 Å². The number of phosphoric ester groups is 1. The van der Waals surface area contributed by atoms with E-state index in [0.29, 0.717) is 12.0 Å². The zero-order valence-electron chi connectivity index (χ0n) is 16.5. The predicted octanol–water partition coefficient (Wildman–Crippen LogP) is 3.41. The Morgan fingerprint density at radius 2 is 1.59 bits per heavy atom. The van der Waals surface area contributed by atoms with E-state index in [1.165, 1.54) is 0 Å². The van der Waals surface area contributed by atoms with Crippen molar-refractivity contribution in [1.82, 2.24) is 0 Å². The molecule has 3 N–H and O–H groups in total. The van der Waals surface area contributed by atoms with E-state index in [9.17, 15) is 14.6 Å². The monoisotopic (exact) mass is 422 g/mol. The van der Waals surface area contributed by atoms with Gasteiger partial charge < -0.3 is 19.8 Å². The molecule has 8 heteroatoms. The smallest absolute Gasteiger partial charge is 0.392 e. The number of hydrogen-bond donors (Lipinski definition) is 3. The molecule has 0 spiro atoms. The van der Waals surface area contributed by atoms with Gasteiger partial charge in [0.25, 0.3) is 0 Å². The highest BCUT2D eigenvalue weighted by molar-refractivity contribution is 7.47. The summed E-state index contributed by atoms with van der Waals surface area (Å²) in [6, 6.07) is 15.0. The molecule has 1 saturated heterocycles. The summed E-state index contributed by atoms with van der Waals surface area (Å²) < 4.78 is 28.2. The second kappa shape index (κ2) is 9.49. The lowest BCUT2D eigenvalue weighted by Crippen LogP contribution is -2.33. The number of benzene rings is 2. The summed E-state index contributed by atoms with van der Waals surface area (Å²) in [7, 11) is -4.36. The lowest BCUT2D eigenvalue weighted by Gasteiger charge is -2.22. The molecule has 2 unspecified atom stereocenters. The fraction of sp³-hybridized carbons (Fsp3) is 0.429. The first-order valence-corrected chi connectivity index (χ1v) is 11.1. The van der Waals surface area contributed by atoms with Gasteiger partial charge in [-0.15, -0.1) is 0 Å². The number of ether oxygens (including phenoxy) is 1. The van der Waals surface area contributed by atoms with Gasteiger partial charge in [-0.05, 0) is 35.6 Å². The van der Waals surface area contributed by atoms with Gasteiger partial charge in [-0.1, -0.05) is 55.5 Å². The maximum Gasteiger partial charge on any atom is 0.472 e. The average molecular weight is 422 g/mol. The largest absolute Gasteiger partial charge is 0.472 e. The van der Waals surface area contributed by atoms with Gasteiger partial charge in [-0.2, -0.15) is 0 Å². The fourth-order valence-electron chi connectivity index (χ4n) is 3.32. The van der Waals surface area contributed by atoms with E-state index >= 15 is 0 Å². The number of phosphoric acid groups is 1. The van der Waals surface area contributed by atoms with Crippen LogP contribution < -0.4 is 0 Å². The normalized spacial score (nSPS) is 26.4. The minimum absolute atomic E-state index is 0.00175. The molecule has 1 aliphatic heterocycles. The second-order valence-electron chi connectivity index (χ2n) is 7.14. The van der Waals surface area contributed by atoms with Crippen molar-refractivity contribution in [2.24, 2.45) is 0 Å². The lowest BCUT2D eigenvalue weighted by molar-refractivity contribution is 0.00723. The molecular weight excluding hydrogens is 395 g/mol. The van der Waals surface area contributed by atoms with Gasteiger partial charge in [-0.3, -0.25) is 9.05 Å². The van der Waals surface area contributed by atoms with Crippen LogP contribution in [0, 0.1) is 0 Å². The first-order valence-electron chi connectivity index (χ1n) is 9.61. The van der Waals surface area contributed by atoms with E-state index in [1.807, 2.05) is 43.3 Å². The van der Waals surface area contributed by atoms with Crippen molar-refractivity contribution in [3.05, 3.63) is 59.7 Å². The molecule has 1 fully saturated rings. The average Bonchev–Trinajstić information content (AvgIpc) is 3.00. The zero-order chi connectivity index (χ0) is 21.0. The quantitative estimate of drug-likeness (QED) is 0.560. The van der Waals surface area contributed by atoms with E-state index in [1.54, 1.807) is 19.1 Å².